The van der Waals surface area contributed by atoms with Gasteiger partial charge in [0.05, 0.1) is 4.90 Å². The van der Waals surface area contributed by atoms with E-state index in [9.17, 15) is 13.2 Å². The molecule has 1 amide bonds. The Labute approximate surface area is 150 Å². The Morgan fingerprint density at radius 3 is 2.28 bits per heavy atom. The number of hydrogen-bond donors (Lipinski definition) is 1. The number of amides is 1. The molecule has 0 spiro atoms. The molecule has 0 aliphatic heterocycles. The van der Waals surface area contributed by atoms with Crippen LogP contribution in [0.15, 0.2) is 29.2 Å². The van der Waals surface area contributed by atoms with Crippen molar-refractivity contribution in [2.75, 3.05) is 6.54 Å². The highest BCUT2D eigenvalue weighted by molar-refractivity contribution is 7.89. The van der Waals surface area contributed by atoms with Gasteiger partial charge < -0.3 is 4.90 Å². The first-order valence-corrected chi connectivity index (χ1v) is 10.8. The van der Waals surface area contributed by atoms with Gasteiger partial charge in [-0.1, -0.05) is 19.9 Å². The molecule has 2 fully saturated rings. The molecule has 0 radical (unpaired) electrons. The highest BCUT2D eigenvalue weighted by atomic mass is 32.2. The van der Waals surface area contributed by atoms with Crippen LogP contribution in [0.2, 0.25) is 0 Å². The molecule has 25 heavy (non-hydrogen) atoms. The normalized spacial score (nSPS) is 24.1. The van der Waals surface area contributed by atoms with E-state index in [1.807, 2.05) is 4.90 Å². The van der Waals surface area contributed by atoms with E-state index >= 15 is 0 Å². The molecule has 1 N–H and O–H groups in total. The van der Waals surface area contributed by atoms with E-state index in [4.69, 9.17) is 0 Å². The average molecular weight is 365 g/mol. The van der Waals surface area contributed by atoms with E-state index in [-0.39, 0.29) is 10.8 Å². The zero-order chi connectivity index (χ0) is 18.0. The molecule has 1 aromatic carbocycles. The van der Waals surface area contributed by atoms with Gasteiger partial charge in [-0.15, -0.1) is 0 Å². The van der Waals surface area contributed by atoms with Gasteiger partial charge >= 0.3 is 0 Å². The molecule has 0 aromatic heterocycles. The molecule has 138 valence electrons. The monoisotopic (exact) mass is 364 g/mol. The first kappa shape index (κ1) is 18.4. The third-order valence-corrected chi connectivity index (χ3v) is 6.82. The van der Waals surface area contributed by atoms with Crippen molar-refractivity contribution in [2.45, 2.75) is 69.4 Å². The molecule has 0 bridgehead atoms. The largest absolute Gasteiger partial charge is 0.333 e. The maximum atomic E-state index is 13.2. The van der Waals surface area contributed by atoms with Gasteiger partial charge in [-0.25, -0.2) is 13.1 Å². The van der Waals surface area contributed by atoms with Crippen LogP contribution in [0.25, 0.3) is 0 Å². The van der Waals surface area contributed by atoms with Crippen molar-refractivity contribution in [3.05, 3.63) is 29.8 Å². The Balaban J connectivity index is 1.83. The van der Waals surface area contributed by atoms with Gasteiger partial charge in [0.1, 0.15) is 0 Å². The first-order valence-electron chi connectivity index (χ1n) is 9.34. The fourth-order valence-electron chi connectivity index (χ4n) is 3.72. The van der Waals surface area contributed by atoms with E-state index in [2.05, 4.69) is 11.6 Å². The molecule has 2 saturated carbocycles. The lowest BCUT2D eigenvalue weighted by atomic mass is 9.86. The smallest absolute Gasteiger partial charge is 0.254 e. The fourth-order valence-corrected chi connectivity index (χ4v) is 4.81. The lowest BCUT2D eigenvalue weighted by Crippen LogP contribution is -2.43. The minimum atomic E-state index is -3.55. The number of nitrogens with one attached hydrogen (secondary N) is 1. The van der Waals surface area contributed by atoms with Crippen LogP contribution >= 0.6 is 0 Å². The number of rotatable bonds is 6. The Kier molecular flexibility index (Phi) is 5.49. The van der Waals surface area contributed by atoms with Crippen LogP contribution < -0.4 is 4.72 Å². The summed E-state index contributed by atoms with van der Waals surface area (Å²) in [7, 11) is -3.55. The quantitative estimate of drug-likeness (QED) is 0.843. The summed E-state index contributed by atoms with van der Waals surface area (Å²) in [6, 6.07) is 7.07. The summed E-state index contributed by atoms with van der Waals surface area (Å²) in [4.78, 5) is 15.4. The number of carbonyl (C=O) groups is 1. The summed E-state index contributed by atoms with van der Waals surface area (Å²) in [6.07, 6.45) is 6.56. The van der Waals surface area contributed by atoms with Gasteiger partial charge in [0.15, 0.2) is 0 Å². The van der Waals surface area contributed by atoms with Crippen LogP contribution in [0.4, 0.5) is 0 Å². The zero-order valence-corrected chi connectivity index (χ0v) is 15.9. The highest BCUT2D eigenvalue weighted by Gasteiger charge is 2.38. The summed E-state index contributed by atoms with van der Waals surface area (Å²) in [5, 5.41) is 0. The van der Waals surface area contributed by atoms with Crippen molar-refractivity contribution < 1.29 is 13.2 Å². The topological polar surface area (TPSA) is 66.5 Å². The van der Waals surface area contributed by atoms with Crippen LogP contribution in [0.1, 0.15) is 62.7 Å². The van der Waals surface area contributed by atoms with E-state index in [1.54, 1.807) is 25.1 Å². The Hall–Kier alpha value is -1.40. The Bertz CT molecular complexity index is 720. The predicted molar refractivity (Wildman–Crippen MR) is 97.9 cm³/mol. The van der Waals surface area contributed by atoms with Gasteiger partial charge in [0.2, 0.25) is 10.0 Å². The SMILES string of the molecule is CCNS(=O)(=O)c1cccc(C(=O)N(C2CCC(C)CC2)C2CC2)c1. The summed E-state index contributed by atoms with van der Waals surface area (Å²) >= 11 is 0. The molecule has 0 heterocycles. The van der Waals surface area contributed by atoms with Gasteiger partial charge in [-0.3, -0.25) is 4.79 Å². The van der Waals surface area contributed by atoms with Gasteiger partial charge in [-0.2, -0.15) is 0 Å². The van der Waals surface area contributed by atoms with Crippen LogP contribution in [0.3, 0.4) is 0 Å². The van der Waals surface area contributed by atoms with Crippen molar-refractivity contribution in [1.29, 1.82) is 0 Å². The van der Waals surface area contributed by atoms with Crippen LogP contribution in [0, 0.1) is 5.92 Å². The molecule has 0 unspecified atom stereocenters. The van der Waals surface area contributed by atoms with Crippen molar-refractivity contribution in [3.8, 4) is 0 Å². The zero-order valence-electron chi connectivity index (χ0n) is 15.1. The van der Waals surface area contributed by atoms with Gasteiger partial charge in [0.25, 0.3) is 5.91 Å². The predicted octanol–water partition coefficient (Wildman–Crippen LogP) is 3.17. The Morgan fingerprint density at radius 2 is 1.72 bits per heavy atom. The maximum absolute atomic E-state index is 13.2. The third kappa shape index (κ3) is 4.23. The van der Waals surface area contributed by atoms with Gasteiger partial charge in [-0.05, 0) is 62.6 Å². The number of benzene rings is 1. The van der Waals surface area contributed by atoms with Crippen molar-refractivity contribution in [2.24, 2.45) is 5.92 Å². The minimum absolute atomic E-state index is 0.0180. The summed E-state index contributed by atoms with van der Waals surface area (Å²) in [5.41, 5.74) is 0.476. The highest BCUT2D eigenvalue weighted by Crippen LogP contribution is 2.36. The average Bonchev–Trinajstić information content (AvgIpc) is 3.42. The number of hydrogen-bond acceptors (Lipinski definition) is 3. The van der Waals surface area contributed by atoms with Gasteiger partial charge in [0, 0.05) is 24.2 Å². The van der Waals surface area contributed by atoms with E-state index in [0.717, 1.165) is 44.4 Å². The summed E-state index contributed by atoms with van der Waals surface area (Å²) < 4.78 is 26.9. The minimum Gasteiger partial charge on any atom is -0.333 e. The molecular weight excluding hydrogens is 336 g/mol. The molecule has 2 aliphatic carbocycles. The third-order valence-electron chi connectivity index (χ3n) is 5.28. The molecule has 3 rings (SSSR count). The number of sulfonamides is 1. The lowest BCUT2D eigenvalue weighted by molar-refractivity contribution is 0.0593. The second-order valence-electron chi connectivity index (χ2n) is 7.39. The second-order valence-corrected chi connectivity index (χ2v) is 9.15. The van der Waals surface area contributed by atoms with Crippen LogP contribution in [-0.2, 0) is 10.0 Å². The molecule has 6 heteroatoms. The fraction of sp³-hybridized carbons (Fsp3) is 0.632. The van der Waals surface area contributed by atoms with E-state index in [1.165, 1.54) is 6.07 Å². The van der Waals surface area contributed by atoms with Crippen LogP contribution in [0.5, 0.6) is 0 Å². The van der Waals surface area contributed by atoms with E-state index in [0.29, 0.717) is 24.2 Å². The first-order chi connectivity index (χ1) is 11.9. The molecule has 1 aromatic rings. The standard InChI is InChI=1S/C19H28N2O3S/c1-3-20-25(23,24)18-6-4-5-15(13-18)19(22)21(17-11-12-17)16-9-7-14(2)8-10-16/h4-6,13-14,16-17,20H,3,7-12H2,1-2H3. The summed E-state index contributed by atoms with van der Waals surface area (Å²) in [6.45, 7) is 4.34. The lowest BCUT2D eigenvalue weighted by Gasteiger charge is -2.36. The Morgan fingerprint density at radius 1 is 1.12 bits per heavy atom. The number of carbonyl (C=O) groups excluding carboxylic acids is 1. The van der Waals surface area contributed by atoms with Crippen molar-refractivity contribution in [3.63, 3.8) is 0 Å². The van der Waals surface area contributed by atoms with Crippen molar-refractivity contribution >= 4 is 15.9 Å². The molecule has 0 saturated heterocycles. The second kappa shape index (κ2) is 7.46. The molecular formula is C19H28N2O3S. The molecule has 5 nitrogen and oxygen atoms in total. The van der Waals surface area contributed by atoms with E-state index < -0.39 is 10.0 Å². The van der Waals surface area contributed by atoms with Crippen LogP contribution in [-0.4, -0.2) is 37.9 Å². The molecule has 0 atom stereocenters. The summed E-state index contributed by atoms with van der Waals surface area (Å²) in [5.74, 6) is 0.719. The maximum Gasteiger partial charge on any atom is 0.254 e. The van der Waals surface area contributed by atoms with Crippen molar-refractivity contribution in [1.82, 2.24) is 9.62 Å². The molecule has 2 aliphatic rings. The number of nitrogens with zero attached hydrogens (tertiary/aromatic N) is 1.